The monoisotopic (exact) mass is 492 g/mol. The van der Waals surface area contributed by atoms with Crippen molar-refractivity contribution >= 4 is 29.1 Å². The number of thiocarbonyl (C=S) groups is 1. The topological polar surface area (TPSA) is 85.3 Å². The summed E-state index contributed by atoms with van der Waals surface area (Å²) in [6, 6.07) is 13.9. The van der Waals surface area contributed by atoms with Gasteiger partial charge in [-0.15, -0.1) is 5.10 Å². The average Bonchev–Trinajstić information content (AvgIpc) is 3.26. The SMILES string of the molecule is CC(C)c1ccccc1NC(=S)NNO/C=C/c1ncn(-c2ccc(OCC(F)(F)F)cc2)n1. The van der Waals surface area contributed by atoms with Crippen LogP contribution in [0.25, 0.3) is 11.8 Å². The molecule has 2 aromatic carbocycles. The number of ether oxygens (including phenoxy) is 1. The molecule has 0 aliphatic carbocycles. The number of alkyl halides is 3. The van der Waals surface area contributed by atoms with Gasteiger partial charge in [-0.05, 0) is 54.0 Å². The zero-order valence-electron chi connectivity index (χ0n) is 18.3. The van der Waals surface area contributed by atoms with E-state index >= 15 is 0 Å². The molecule has 34 heavy (non-hydrogen) atoms. The smallest absolute Gasteiger partial charge is 0.422 e. The molecular formula is C22H23F3N6O2S. The minimum absolute atomic E-state index is 0.105. The largest absolute Gasteiger partial charge is 0.484 e. The van der Waals surface area contributed by atoms with Gasteiger partial charge in [0.15, 0.2) is 17.5 Å². The van der Waals surface area contributed by atoms with E-state index in [1.165, 1.54) is 35.5 Å². The molecule has 0 amide bonds. The van der Waals surface area contributed by atoms with Crippen LogP contribution in [0.2, 0.25) is 0 Å². The van der Waals surface area contributed by atoms with E-state index in [4.69, 9.17) is 17.1 Å². The fraction of sp³-hybridized carbons (Fsp3) is 0.227. The highest BCUT2D eigenvalue weighted by Gasteiger charge is 2.28. The zero-order chi connectivity index (χ0) is 24.6. The van der Waals surface area contributed by atoms with Crippen LogP contribution < -0.4 is 21.1 Å². The molecule has 3 aromatic rings. The molecule has 1 heterocycles. The lowest BCUT2D eigenvalue weighted by atomic mass is 10.0. The summed E-state index contributed by atoms with van der Waals surface area (Å²) in [7, 11) is 0. The maximum Gasteiger partial charge on any atom is 0.422 e. The molecule has 0 fully saturated rings. The summed E-state index contributed by atoms with van der Waals surface area (Å²) in [6.45, 7) is 2.85. The van der Waals surface area contributed by atoms with Crippen LogP contribution in [0.15, 0.2) is 61.1 Å². The number of halogens is 3. The van der Waals surface area contributed by atoms with E-state index in [1.807, 2.05) is 24.3 Å². The molecule has 0 aliphatic rings. The average molecular weight is 493 g/mol. The van der Waals surface area contributed by atoms with Crippen LogP contribution in [-0.2, 0) is 4.84 Å². The first kappa shape index (κ1) is 25.0. The fourth-order valence-corrected chi connectivity index (χ4v) is 2.96. The highest BCUT2D eigenvalue weighted by atomic mass is 32.1. The van der Waals surface area contributed by atoms with Gasteiger partial charge in [-0.1, -0.05) is 37.6 Å². The summed E-state index contributed by atoms with van der Waals surface area (Å²) in [4.78, 5) is 9.26. The summed E-state index contributed by atoms with van der Waals surface area (Å²) in [6.07, 6.45) is -0.0943. The summed E-state index contributed by atoms with van der Waals surface area (Å²) in [5.41, 5.74) is 7.85. The zero-order valence-corrected chi connectivity index (χ0v) is 19.2. The molecule has 0 spiro atoms. The second kappa shape index (κ2) is 11.5. The quantitative estimate of drug-likeness (QED) is 0.171. The Bertz CT molecular complexity index is 1120. The third-order valence-corrected chi connectivity index (χ3v) is 4.56. The van der Waals surface area contributed by atoms with Crippen molar-refractivity contribution in [3.63, 3.8) is 0 Å². The van der Waals surface area contributed by atoms with Crippen LogP contribution >= 0.6 is 12.2 Å². The summed E-state index contributed by atoms with van der Waals surface area (Å²) < 4.78 is 42.8. The number of para-hydroxylation sites is 1. The van der Waals surface area contributed by atoms with Gasteiger partial charge in [0, 0.05) is 11.8 Å². The summed E-state index contributed by atoms with van der Waals surface area (Å²) >= 11 is 5.25. The summed E-state index contributed by atoms with van der Waals surface area (Å²) in [5, 5.41) is 7.67. The Balaban J connectivity index is 1.44. The number of aromatic nitrogens is 3. The number of benzene rings is 2. The predicted molar refractivity (Wildman–Crippen MR) is 126 cm³/mol. The fourth-order valence-electron chi connectivity index (χ4n) is 2.81. The molecule has 0 bridgehead atoms. The number of rotatable bonds is 9. The van der Waals surface area contributed by atoms with E-state index in [9.17, 15) is 13.2 Å². The molecule has 12 heteroatoms. The van der Waals surface area contributed by atoms with Gasteiger partial charge in [-0.25, -0.2) is 9.67 Å². The van der Waals surface area contributed by atoms with Crippen molar-refractivity contribution in [1.82, 2.24) is 25.8 Å². The molecule has 180 valence electrons. The molecular weight excluding hydrogens is 469 g/mol. The Morgan fingerprint density at radius 3 is 2.59 bits per heavy atom. The Labute approximate surface area is 199 Å². The van der Waals surface area contributed by atoms with Crippen LogP contribution in [0, 0.1) is 0 Å². The number of nitrogens with one attached hydrogen (secondary N) is 3. The molecule has 0 saturated heterocycles. The predicted octanol–water partition coefficient (Wildman–Crippen LogP) is 4.73. The first-order valence-electron chi connectivity index (χ1n) is 10.2. The van der Waals surface area contributed by atoms with E-state index in [2.05, 4.69) is 45.0 Å². The minimum Gasteiger partial charge on any atom is -0.484 e. The van der Waals surface area contributed by atoms with E-state index < -0.39 is 12.8 Å². The van der Waals surface area contributed by atoms with E-state index in [-0.39, 0.29) is 5.75 Å². The van der Waals surface area contributed by atoms with Crippen molar-refractivity contribution in [2.45, 2.75) is 25.9 Å². The van der Waals surface area contributed by atoms with Gasteiger partial charge in [0.2, 0.25) is 0 Å². The Morgan fingerprint density at radius 1 is 1.15 bits per heavy atom. The van der Waals surface area contributed by atoms with Gasteiger partial charge in [-0.2, -0.15) is 13.2 Å². The molecule has 0 unspecified atom stereocenters. The number of hydrazine groups is 1. The normalized spacial score (nSPS) is 11.6. The minimum atomic E-state index is -4.39. The Kier molecular flexibility index (Phi) is 8.44. The molecule has 1 aromatic heterocycles. The number of anilines is 1. The lowest BCUT2D eigenvalue weighted by Crippen LogP contribution is -2.39. The first-order chi connectivity index (χ1) is 16.2. The molecule has 8 nitrogen and oxygen atoms in total. The highest BCUT2D eigenvalue weighted by molar-refractivity contribution is 7.80. The standard InChI is InChI=1S/C22H23F3N6O2S/c1-15(2)18-5-3-4-6-19(18)27-21(34)28-30-33-12-11-20-26-14-31(29-20)16-7-9-17(10-8-16)32-13-22(23,24)25/h3-12,14-15,30H,13H2,1-2H3,(H2,27,28,34)/b12-11+. The van der Waals surface area contributed by atoms with Gasteiger partial charge < -0.3 is 14.9 Å². The van der Waals surface area contributed by atoms with Crippen molar-refractivity contribution in [3.8, 4) is 11.4 Å². The van der Waals surface area contributed by atoms with Crippen LogP contribution in [0.5, 0.6) is 5.75 Å². The maximum absolute atomic E-state index is 12.2. The van der Waals surface area contributed by atoms with Gasteiger partial charge >= 0.3 is 6.18 Å². The van der Waals surface area contributed by atoms with Crippen LogP contribution in [0.4, 0.5) is 18.9 Å². The highest BCUT2D eigenvalue weighted by Crippen LogP contribution is 2.23. The Morgan fingerprint density at radius 2 is 1.88 bits per heavy atom. The molecule has 0 aliphatic heterocycles. The van der Waals surface area contributed by atoms with E-state index in [1.54, 1.807) is 12.1 Å². The van der Waals surface area contributed by atoms with Crippen LogP contribution in [-0.4, -0.2) is 32.7 Å². The van der Waals surface area contributed by atoms with Crippen molar-refractivity contribution in [1.29, 1.82) is 0 Å². The Hall–Kier alpha value is -3.64. The van der Waals surface area contributed by atoms with Crippen LogP contribution in [0.1, 0.15) is 31.2 Å². The maximum atomic E-state index is 12.2. The van der Waals surface area contributed by atoms with Crippen molar-refractivity contribution in [2.75, 3.05) is 11.9 Å². The molecule has 0 atom stereocenters. The number of hydrogen-bond donors (Lipinski definition) is 3. The van der Waals surface area contributed by atoms with Crippen molar-refractivity contribution < 1.29 is 22.7 Å². The third kappa shape index (κ3) is 7.74. The molecule has 3 rings (SSSR count). The molecule has 0 saturated carbocycles. The number of nitrogens with zero attached hydrogens (tertiary/aromatic N) is 3. The van der Waals surface area contributed by atoms with E-state index in [0.29, 0.717) is 22.5 Å². The van der Waals surface area contributed by atoms with Crippen molar-refractivity contribution in [3.05, 3.63) is 72.5 Å². The van der Waals surface area contributed by atoms with Gasteiger partial charge in [0.1, 0.15) is 18.3 Å². The van der Waals surface area contributed by atoms with Gasteiger partial charge in [0.25, 0.3) is 0 Å². The third-order valence-electron chi connectivity index (χ3n) is 4.35. The summed E-state index contributed by atoms with van der Waals surface area (Å²) in [5.74, 6) is 0.797. The van der Waals surface area contributed by atoms with Crippen LogP contribution in [0.3, 0.4) is 0 Å². The van der Waals surface area contributed by atoms with E-state index in [0.717, 1.165) is 11.3 Å². The second-order valence-corrected chi connectivity index (χ2v) is 7.70. The molecule has 3 N–H and O–H groups in total. The lowest BCUT2D eigenvalue weighted by molar-refractivity contribution is -0.153. The second-order valence-electron chi connectivity index (χ2n) is 7.29. The first-order valence-corrected chi connectivity index (χ1v) is 10.6. The number of hydrogen-bond acceptors (Lipinski definition) is 6. The van der Waals surface area contributed by atoms with Gasteiger partial charge in [0.05, 0.1) is 5.69 Å². The van der Waals surface area contributed by atoms with Crippen molar-refractivity contribution in [2.24, 2.45) is 0 Å². The molecule has 0 radical (unpaired) electrons. The van der Waals surface area contributed by atoms with Gasteiger partial charge in [-0.3, -0.25) is 5.43 Å². The lowest BCUT2D eigenvalue weighted by Gasteiger charge is -2.15.